The molecule has 2 aliphatic rings. The van der Waals surface area contributed by atoms with E-state index in [9.17, 15) is 20.1 Å². The molecule has 2 aromatic rings. The summed E-state index contributed by atoms with van der Waals surface area (Å²) < 4.78 is 27.4. The van der Waals surface area contributed by atoms with Crippen molar-refractivity contribution in [3.8, 4) is 40.2 Å². The number of hydrogen-bond donors (Lipinski definition) is 3. The summed E-state index contributed by atoms with van der Waals surface area (Å²) in [5.41, 5.74) is 1.09. The van der Waals surface area contributed by atoms with Gasteiger partial charge in [-0.25, -0.2) is 0 Å². The minimum absolute atomic E-state index is 0.00952. The highest BCUT2D eigenvalue weighted by molar-refractivity contribution is 6.03. The summed E-state index contributed by atoms with van der Waals surface area (Å²) in [6, 6.07) is 2.98. The molecule has 3 atom stereocenters. The van der Waals surface area contributed by atoms with Crippen LogP contribution in [0, 0.1) is 11.8 Å². The first kappa shape index (κ1) is 20.9. The van der Waals surface area contributed by atoms with Crippen molar-refractivity contribution in [3.63, 3.8) is 0 Å². The fourth-order valence-corrected chi connectivity index (χ4v) is 4.72. The lowest BCUT2D eigenvalue weighted by Gasteiger charge is -2.37. The normalized spacial score (nSPS) is 21.3. The largest absolute Gasteiger partial charge is 0.502 e. The van der Waals surface area contributed by atoms with Crippen LogP contribution in [0.2, 0.25) is 0 Å². The highest BCUT2D eigenvalue weighted by atomic mass is 16.5. The van der Waals surface area contributed by atoms with E-state index >= 15 is 0 Å². The minimum Gasteiger partial charge on any atom is -0.502 e. The van der Waals surface area contributed by atoms with Gasteiger partial charge < -0.3 is 39.0 Å². The van der Waals surface area contributed by atoms with E-state index in [1.807, 2.05) is 0 Å². The van der Waals surface area contributed by atoms with Gasteiger partial charge in [0.25, 0.3) is 0 Å². The number of fused-ring (bicyclic) bond motifs is 6. The number of carbonyl (C=O) groups is 1. The van der Waals surface area contributed by atoms with Crippen molar-refractivity contribution >= 4 is 5.78 Å². The third-order valence-corrected chi connectivity index (χ3v) is 6.13. The Morgan fingerprint density at radius 1 is 0.935 bits per heavy atom. The van der Waals surface area contributed by atoms with Gasteiger partial charge in [0, 0.05) is 41.2 Å². The summed E-state index contributed by atoms with van der Waals surface area (Å²) in [4.78, 5) is 13.4. The van der Waals surface area contributed by atoms with Crippen molar-refractivity contribution in [3.05, 3.63) is 28.8 Å². The van der Waals surface area contributed by atoms with Crippen molar-refractivity contribution in [1.82, 2.24) is 0 Å². The Morgan fingerprint density at radius 2 is 1.52 bits per heavy atom. The van der Waals surface area contributed by atoms with Crippen molar-refractivity contribution in [1.29, 1.82) is 0 Å². The van der Waals surface area contributed by atoms with Gasteiger partial charge in [-0.2, -0.15) is 0 Å². The zero-order valence-corrected chi connectivity index (χ0v) is 17.6. The molecule has 0 radical (unpaired) electrons. The first-order chi connectivity index (χ1) is 14.9. The molecule has 9 heteroatoms. The molecule has 3 N–H and O–H groups in total. The van der Waals surface area contributed by atoms with Crippen LogP contribution in [0.4, 0.5) is 0 Å². The number of aliphatic hydroxyl groups is 1. The van der Waals surface area contributed by atoms with Crippen LogP contribution >= 0.6 is 0 Å². The Labute approximate surface area is 178 Å². The Bertz CT molecular complexity index is 1050. The second-order valence-corrected chi connectivity index (χ2v) is 7.40. The predicted molar refractivity (Wildman–Crippen MR) is 108 cm³/mol. The van der Waals surface area contributed by atoms with E-state index in [1.165, 1.54) is 40.6 Å². The summed E-state index contributed by atoms with van der Waals surface area (Å²) in [6.45, 7) is -0.329. The van der Waals surface area contributed by atoms with Crippen LogP contribution in [0.3, 0.4) is 0 Å². The molecule has 166 valence electrons. The zero-order valence-electron chi connectivity index (χ0n) is 17.6. The molecule has 9 nitrogen and oxygen atoms in total. The molecule has 0 saturated heterocycles. The third kappa shape index (κ3) is 2.83. The minimum atomic E-state index is -0.682. The summed E-state index contributed by atoms with van der Waals surface area (Å²) in [6.07, 6.45) is 0. The Hall–Kier alpha value is -3.33. The maximum Gasteiger partial charge on any atom is 0.201 e. The number of phenolic OH excluding ortho intramolecular Hbond substituents is 2. The first-order valence-corrected chi connectivity index (χ1v) is 9.66. The molecule has 1 heterocycles. The van der Waals surface area contributed by atoms with Crippen LogP contribution in [0.5, 0.6) is 40.2 Å². The molecule has 0 fully saturated rings. The molecular formula is C22H24O9. The van der Waals surface area contributed by atoms with E-state index in [2.05, 4.69) is 0 Å². The maximum absolute atomic E-state index is 13.4. The van der Waals surface area contributed by atoms with Crippen molar-refractivity contribution in [2.45, 2.75) is 5.92 Å². The van der Waals surface area contributed by atoms with Gasteiger partial charge in [0.05, 0.1) is 41.0 Å². The highest BCUT2D eigenvalue weighted by Gasteiger charge is 2.50. The van der Waals surface area contributed by atoms with Crippen molar-refractivity contribution in [2.75, 3.05) is 41.7 Å². The molecule has 2 aromatic carbocycles. The van der Waals surface area contributed by atoms with E-state index in [4.69, 9.17) is 23.7 Å². The number of aromatic hydroxyl groups is 2. The summed E-state index contributed by atoms with van der Waals surface area (Å²) in [5, 5.41) is 31.7. The average molecular weight is 432 g/mol. The molecule has 1 aliphatic heterocycles. The number of rotatable bonds is 5. The monoisotopic (exact) mass is 432 g/mol. The number of Topliss-reactive ketones (excluding diaryl/α,β-unsaturated/α-hetero) is 1. The molecule has 1 aliphatic carbocycles. The summed E-state index contributed by atoms with van der Waals surface area (Å²) >= 11 is 0. The Morgan fingerprint density at radius 3 is 2.06 bits per heavy atom. The number of methoxy groups -OCH3 is 4. The van der Waals surface area contributed by atoms with Crippen LogP contribution in [-0.4, -0.2) is 62.8 Å². The molecule has 2 bridgehead atoms. The van der Waals surface area contributed by atoms with Gasteiger partial charge in [0.15, 0.2) is 28.8 Å². The van der Waals surface area contributed by atoms with Crippen LogP contribution < -0.4 is 23.7 Å². The van der Waals surface area contributed by atoms with Crippen molar-refractivity contribution < 1.29 is 43.8 Å². The smallest absolute Gasteiger partial charge is 0.201 e. The molecule has 0 aromatic heterocycles. The SMILES string of the molecule is COc1cc2c(c(OC)c1O)[C@H]1c3c(cc(OC)c(O)c3OC)C(=O)[C@@H](CO2)[C@@H]1CO. The quantitative estimate of drug-likeness (QED) is 0.651. The molecule has 0 spiro atoms. The van der Waals surface area contributed by atoms with Gasteiger partial charge in [-0.1, -0.05) is 0 Å². The van der Waals surface area contributed by atoms with E-state index in [-0.39, 0.29) is 53.5 Å². The molecule has 4 rings (SSSR count). The van der Waals surface area contributed by atoms with Gasteiger partial charge in [-0.05, 0) is 6.07 Å². The Kier molecular flexibility index (Phi) is 5.22. The molecule has 31 heavy (non-hydrogen) atoms. The first-order valence-electron chi connectivity index (χ1n) is 9.66. The van der Waals surface area contributed by atoms with Gasteiger partial charge in [0.2, 0.25) is 11.5 Å². The van der Waals surface area contributed by atoms with Crippen LogP contribution in [0.25, 0.3) is 0 Å². The fourth-order valence-electron chi connectivity index (χ4n) is 4.72. The highest BCUT2D eigenvalue weighted by Crippen LogP contribution is 2.59. The third-order valence-electron chi connectivity index (χ3n) is 6.13. The van der Waals surface area contributed by atoms with Gasteiger partial charge in [0.1, 0.15) is 5.75 Å². The number of aliphatic hydroxyl groups excluding tert-OH is 1. The lowest BCUT2D eigenvalue weighted by molar-refractivity contribution is 0.0690. The average Bonchev–Trinajstić information content (AvgIpc) is 2.91. The number of ether oxygens (including phenoxy) is 5. The number of ketones is 1. The Balaban J connectivity index is 2.13. The summed E-state index contributed by atoms with van der Waals surface area (Å²) in [7, 11) is 5.54. The number of benzene rings is 2. The fraction of sp³-hybridized carbons (Fsp3) is 0.409. The second kappa shape index (κ2) is 7.73. The van der Waals surface area contributed by atoms with E-state index in [0.29, 0.717) is 22.4 Å². The van der Waals surface area contributed by atoms with E-state index in [0.717, 1.165) is 0 Å². The number of phenols is 2. The van der Waals surface area contributed by atoms with Gasteiger partial charge >= 0.3 is 0 Å². The van der Waals surface area contributed by atoms with Gasteiger partial charge in [-0.3, -0.25) is 4.79 Å². The van der Waals surface area contributed by atoms with Gasteiger partial charge in [-0.15, -0.1) is 0 Å². The van der Waals surface area contributed by atoms with Crippen LogP contribution in [0.15, 0.2) is 12.1 Å². The molecule has 0 saturated carbocycles. The molecule has 0 unspecified atom stereocenters. The second-order valence-electron chi connectivity index (χ2n) is 7.40. The lowest BCUT2D eigenvalue weighted by Crippen LogP contribution is -2.39. The van der Waals surface area contributed by atoms with Crippen molar-refractivity contribution in [2.24, 2.45) is 11.8 Å². The predicted octanol–water partition coefficient (Wildman–Crippen LogP) is 2.08. The standard InChI is InChI=1S/C22H24O9/c1-27-13-5-9-16(21(29-3)19(13)25)15-10(7-23)11(18(9)24)8-31-12-6-14(28-2)20(26)22(30-4)17(12)15/h5-6,10-11,15,23,25-26H,7-8H2,1-4H3/t10-,11-,15+/m0/s1. The van der Waals surface area contributed by atoms with Crippen LogP contribution in [-0.2, 0) is 0 Å². The number of carbonyl (C=O) groups excluding carboxylic acids is 1. The van der Waals surface area contributed by atoms with E-state index < -0.39 is 17.8 Å². The lowest BCUT2D eigenvalue weighted by atomic mass is 9.66. The topological polar surface area (TPSA) is 124 Å². The molecular weight excluding hydrogens is 408 g/mol. The zero-order chi connectivity index (χ0) is 22.4. The molecule has 0 amide bonds. The number of hydrogen-bond acceptors (Lipinski definition) is 9. The van der Waals surface area contributed by atoms with Crippen LogP contribution in [0.1, 0.15) is 27.4 Å². The maximum atomic E-state index is 13.4. The summed E-state index contributed by atoms with van der Waals surface area (Å²) in [5.74, 6) is -2.01. The van der Waals surface area contributed by atoms with E-state index in [1.54, 1.807) is 0 Å².